The fourth-order valence-corrected chi connectivity index (χ4v) is 1.27. The predicted molar refractivity (Wildman–Crippen MR) is 44.0 cm³/mol. The van der Waals surface area contributed by atoms with E-state index in [1.165, 1.54) is 24.3 Å². The zero-order chi connectivity index (χ0) is 8.48. The van der Waals surface area contributed by atoms with Gasteiger partial charge in [0.2, 0.25) is 0 Å². The van der Waals surface area contributed by atoms with E-state index in [1.54, 1.807) is 0 Å². The Bertz CT molecular complexity index is 341. The zero-order valence-corrected chi connectivity index (χ0v) is 7.19. The van der Waals surface area contributed by atoms with E-state index in [9.17, 15) is 8.42 Å². The molecule has 1 N–H and O–H groups in total. The van der Waals surface area contributed by atoms with Crippen molar-refractivity contribution in [2.24, 2.45) is 0 Å². The van der Waals surface area contributed by atoms with Gasteiger partial charge in [-0.3, -0.25) is 0 Å². The van der Waals surface area contributed by atoms with Crippen molar-refractivity contribution >= 4 is 22.7 Å². The summed E-state index contributed by atoms with van der Waals surface area (Å²) in [6.07, 6.45) is 0. The number of sulfonamides is 1. The normalized spacial score (nSPS) is 11.5. The molecule has 0 aliphatic carbocycles. The smallest absolute Gasteiger partial charge is 0.206 e. The monoisotopic (exact) mass is 188 g/mol. The van der Waals surface area contributed by atoms with Gasteiger partial charge in [-0.1, -0.05) is 0 Å². The fourth-order valence-electron chi connectivity index (χ4n) is 0.625. The second kappa shape index (κ2) is 2.84. The second-order valence-corrected chi connectivity index (χ2v) is 3.99. The third-order valence-electron chi connectivity index (χ3n) is 1.15. The molecule has 0 spiro atoms. The standard InChI is InChI=1S/C6H6NO2S2/c7-11(8,9)6-3-1-5(10)2-4-6/h1-4,7,10H. The van der Waals surface area contributed by atoms with Crippen LogP contribution >= 0.6 is 12.6 Å². The summed E-state index contributed by atoms with van der Waals surface area (Å²) in [5.41, 5.74) is 0. The van der Waals surface area contributed by atoms with E-state index in [0.29, 0.717) is 4.90 Å². The van der Waals surface area contributed by atoms with Crippen LogP contribution in [-0.4, -0.2) is 8.42 Å². The van der Waals surface area contributed by atoms with Gasteiger partial charge in [-0.15, -0.1) is 17.8 Å². The Balaban J connectivity index is 3.20. The average molecular weight is 188 g/mol. The van der Waals surface area contributed by atoms with E-state index in [2.05, 4.69) is 12.6 Å². The van der Waals surface area contributed by atoms with Crippen molar-refractivity contribution in [3.05, 3.63) is 24.3 Å². The SMILES string of the molecule is [NH]S(=O)(=O)c1ccc(S)cc1. The number of hydrogen-bond acceptors (Lipinski definition) is 3. The van der Waals surface area contributed by atoms with Crippen LogP contribution in [0.2, 0.25) is 0 Å². The first-order valence-electron chi connectivity index (χ1n) is 2.79. The van der Waals surface area contributed by atoms with Crippen LogP contribution in [0, 0.1) is 0 Å². The minimum Gasteiger partial charge on any atom is -0.206 e. The van der Waals surface area contributed by atoms with Crippen LogP contribution in [0.25, 0.3) is 0 Å². The zero-order valence-electron chi connectivity index (χ0n) is 5.48. The first kappa shape index (κ1) is 8.58. The third kappa shape index (κ3) is 2.21. The highest BCUT2D eigenvalue weighted by Crippen LogP contribution is 2.11. The topological polar surface area (TPSA) is 57.9 Å². The van der Waals surface area contributed by atoms with Gasteiger partial charge in [-0.25, -0.2) is 8.42 Å². The molecule has 0 aromatic heterocycles. The molecule has 0 aliphatic rings. The quantitative estimate of drug-likeness (QED) is 0.667. The van der Waals surface area contributed by atoms with Gasteiger partial charge in [0.15, 0.2) is 0 Å². The Hall–Kier alpha value is -0.520. The summed E-state index contributed by atoms with van der Waals surface area (Å²) in [5.74, 6) is 0. The lowest BCUT2D eigenvalue weighted by Crippen LogP contribution is -1.99. The molecule has 0 amide bonds. The average Bonchev–Trinajstić information content (AvgIpc) is 1.86. The van der Waals surface area contributed by atoms with E-state index in [4.69, 9.17) is 5.14 Å². The number of thiol groups is 1. The Morgan fingerprint density at radius 2 is 1.64 bits per heavy atom. The summed E-state index contributed by atoms with van der Waals surface area (Å²) in [7, 11) is -3.80. The minimum absolute atomic E-state index is 0.00435. The molecule has 1 rings (SSSR count). The first-order valence-corrected chi connectivity index (χ1v) is 4.72. The number of benzene rings is 1. The van der Waals surface area contributed by atoms with Gasteiger partial charge in [0, 0.05) is 4.90 Å². The maximum atomic E-state index is 10.6. The van der Waals surface area contributed by atoms with Crippen molar-refractivity contribution in [2.45, 2.75) is 9.79 Å². The van der Waals surface area contributed by atoms with E-state index in [0.717, 1.165) is 0 Å². The van der Waals surface area contributed by atoms with Crippen molar-refractivity contribution in [1.82, 2.24) is 5.14 Å². The summed E-state index contributed by atoms with van der Waals surface area (Å²) in [6.45, 7) is 0. The molecule has 0 heterocycles. The van der Waals surface area contributed by atoms with Crippen molar-refractivity contribution in [3.8, 4) is 0 Å². The lowest BCUT2D eigenvalue weighted by molar-refractivity contribution is 0.596. The highest BCUT2D eigenvalue weighted by molar-refractivity contribution is 7.88. The summed E-state index contributed by atoms with van der Waals surface area (Å²) in [4.78, 5) is 0.674. The van der Waals surface area contributed by atoms with Crippen molar-refractivity contribution in [2.75, 3.05) is 0 Å². The number of hydrogen-bond donors (Lipinski definition) is 1. The molecular weight excluding hydrogens is 182 g/mol. The molecule has 0 bridgehead atoms. The van der Waals surface area contributed by atoms with Crippen LogP contribution in [0.1, 0.15) is 0 Å². The Kier molecular flexibility index (Phi) is 2.22. The van der Waals surface area contributed by atoms with Crippen molar-refractivity contribution < 1.29 is 8.42 Å². The van der Waals surface area contributed by atoms with Gasteiger partial charge in [0.05, 0.1) is 4.90 Å². The van der Waals surface area contributed by atoms with Crippen molar-refractivity contribution in [1.29, 1.82) is 0 Å². The molecule has 0 saturated heterocycles. The Morgan fingerprint density at radius 3 is 2.00 bits per heavy atom. The molecule has 0 saturated carbocycles. The summed E-state index contributed by atoms with van der Waals surface area (Å²) >= 11 is 3.97. The molecule has 5 heteroatoms. The Labute approximate surface area is 70.7 Å². The maximum absolute atomic E-state index is 10.6. The fraction of sp³-hybridized carbons (Fsp3) is 0. The third-order valence-corrected chi connectivity index (χ3v) is 2.34. The van der Waals surface area contributed by atoms with Gasteiger partial charge in [-0.05, 0) is 24.3 Å². The van der Waals surface area contributed by atoms with Gasteiger partial charge in [-0.2, -0.15) is 0 Å². The van der Waals surface area contributed by atoms with Gasteiger partial charge >= 0.3 is 0 Å². The van der Waals surface area contributed by atoms with E-state index < -0.39 is 10.0 Å². The number of nitrogens with one attached hydrogen (secondary N) is 1. The summed E-state index contributed by atoms with van der Waals surface area (Å²) in [5, 5.41) is 6.69. The van der Waals surface area contributed by atoms with Crippen LogP contribution in [0.3, 0.4) is 0 Å². The van der Waals surface area contributed by atoms with E-state index >= 15 is 0 Å². The maximum Gasteiger partial charge on any atom is 0.254 e. The molecule has 0 atom stereocenters. The van der Waals surface area contributed by atoms with Gasteiger partial charge < -0.3 is 0 Å². The highest BCUT2D eigenvalue weighted by atomic mass is 32.2. The Morgan fingerprint density at radius 1 is 1.18 bits per heavy atom. The second-order valence-electron chi connectivity index (χ2n) is 2.00. The molecule has 0 aliphatic heterocycles. The molecular formula is C6H6NO2S2. The van der Waals surface area contributed by atoms with Crippen LogP contribution in [0.15, 0.2) is 34.1 Å². The van der Waals surface area contributed by atoms with Crippen LogP contribution in [0.5, 0.6) is 0 Å². The summed E-state index contributed by atoms with van der Waals surface area (Å²) in [6, 6.07) is 5.77. The molecule has 59 valence electrons. The largest absolute Gasteiger partial charge is 0.254 e. The van der Waals surface area contributed by atoms with Crippen molar-refractivity contribution in [3.63, 3.8) is 0 Å². The van der Waals surface area contributed by atoms with Crippen LogP contribution < -0.4 is 5.14 Å². The summed E-state index contributed by atoms with van der Waals surface area (Å²) < 4.78 is 21.2. The highest BCUT2D eigenvalue weighted by Gasteiger charge is 2.06. The number of rotatable bonds is 1. The molecule has 11 heavy (non-hydrogen) atoms. The van der Waals surface area contributed by atoms with E-state index in [-0.39, 0.29) is 4.90 Å². The molecule has 1 aromatic rings. The van der Waals surface area contributed by atoms with Gasteiger partial charge in [0.25, 0.3) is 10.0 Å². The predicted octanol–water partition coefficient (Wildman–Crippen LogP) is 0.947. The molecule has 0 fully saturated rings. The first-order chi connectivity index (χ1) is 5.00. The van der Waals surface area contributed by atoms with E-state index in [1.807, 2.05) is 0 Å². The lowest BCUT2D eigenvalue weighted by atomic mass is 10.4. The molecule has 3 nitrogen and oxygen atoms in total. The molecule has 1 radical (unpaired) electrons. The lowest BCUT2D eigenvalue weighted by Gasteiger charge is -1.95. The minimum atomic E-state index is -3.80. The van der Waals surface area contributed by atoms with Crippen LogP contribution in [0.4, 0.5) is 0 Å². The van der Waals surface area contributed by atoms with Crippen LogP contribution in [-0.2, 0) is 10.0 Å². The molecule has 0 unspecified atom stereocenters. The van der Waals surface area contributed by atoms with Gasteiger partial charge in [0.1, 0.15) is 0 Å². The molecule has 1 aromatic carbocycles.